The normalized spacial score (nSPS) is 13.5. The molecule has 0 fully saturated rings. The van der Waals surface area contributed by atoms with Crippen molar-refractivity contribution in [2.45, 2.75) is 26.0 Å². The number of aliphatic hydroxyl groups excluding tert-OH is 1. The van der Waals surface area contributed by atoms with Gasteiger partial charge in [-0.2, -0.15) is 0 Å². The van der Waals surface area contributed by atoms with E-state index in [-0.39, 0.29) is 0 Å². The molecule has 2 amide bonds. The van der Waals surface area contributed by atoms with Crippen molar-refractivity contribution in [3.63, 3.8) is 0 Å². The van der Waals surface area contributed by atoms with Crippen LogP contribution in [-0.4, -0.2) is 22.2 Å². The van der Waals surface area contributed by atoms with Gasteiger partial charge in [0.25, 0.3) is 0 Å². The summed E-state index contributed by atoms with van der Waals surface area (Å²) < 4.78 is 0. The van der Waals surface area contributed by atoms with E-state index in [1.54, 1.807) is 31.2 Å². The molecule has 0 spiro atoms. The van der Waals surface area contributed by atoms with Gasteiger partial charge in [-0.05, 0) is 31.5 Å². The minimum atomic E-state index is -0.814. The number of hydrogen-bond donors (Lipinski definition) is 3. The van der Waals surface area contributed by atoms with Gasteiger partial charge in [0.05, 0.1) is 17.8 Å². The number of carbonyl (C=O) groups is 1. The van der Waals surface area contributed by atoms with E-state index in [1.807, 2.05) is 12.3 Å². The highest BCUT2D eigenvalue weighted by Gasteiger charge is 2.18. The number of rotatable bonds is 4. The average Bonchev–Trinajstić information content (AvgIpc) is 2.83. The molecule has 0 aliphatic rings. The molecule has 0 radical (unpaired) electrons. The lowest BCUT2D eigenvalue weighted by Gasteiger charge is -2.20. The monoisotopic (exact) mass is 325 g/mol. The first kappa shape index (κ1) is 15.8. The molecule has 0 aliphatic heterocycles. The number of aromatic nitrogens is 1. The number of anilines is 1. The second-order valence-electron chi connectivity index (χ2n) is 4.68. The number of hydrogen-bond acceptors (Lipinski definition) is 4. The first-order valence-electron chi connectivity index (χ1n) is 6.39. The standard InChI is InChI=1S/C14H16ClN3O2S/c1-8-7-21-14(16-8)18-13(20)17-9(2)12(19)10-3-5-11(15)6-4-10/h3-7,9,12,19H,1-2H3,(H2,16,17,18,20). The molecule has 21 heavy (non-hydrogen) atoms. The summed E-state index contributed by atoms with van der Waals surface area (Å²) in [6, 6.07) is 6.01. The molecular weight excluding hydrogens is 310 g/mol. The number of nitrogens with zero attached hydrogens (tertiary/aromatic N) is 1. The van der Waals surface area contributed by atoms with E-state index in [1.165, 1.54) is 11.3 Å². The van der Waals surface area contributed by atoms with E-state index < -0.39 is 18.2 Å². The van der Waals surface area contributed by atoms with Crippen LogP contribution in [0.2, 0.25) is 5.02 Å². The minimum absolute atomic E-state index is 0.398. The summed E-state index contributed by atoms with van der Waals surface area (Å²) in [5.41, 5.74) is 1.54. The Balaban J connectivity index is 1.92. The fourth-order valence-corrected chi connectivity index (χ4v) is 2.59. The van der Waals surface area contributed by atoms with E-state index in [0.29, 0.717) is 15.7 Å². The molecule has 0 aliphatic carbocycles. The summed E-state index contributed by atoms with van der Waals surface area (Å²) in [6.45, 7) is 3.58. The number of carbonyl (C=O) groups excluding carboxylic acids is 1. The van der Waals surface area contributed by atoms with Crippen LogP contribution in [0.5, 0.6) is 0 Å². The molecular formula is C14H16ClN3O2S. The zero-order valence-electron chi connectivity index (χ0n) is 11.6. The molecule has 112 valence electrons. The highest BCUT2D eigenvalue weighted by Crippen LogP contribution is 2.19. The van der Waals surface area contributed by atoms with Crippen molar-refractivity contribution in [2.24, 2.45) is 0 Å². The van der Waals surface area contributed by atoms with Crippen LogP contribution in [0.25, 0.3) is 0 Å². The van der Waals surface area contributed by atoms with Crippen LogP contribution in [0, 0.1) is 6.92 Å². The number of urea groups is 1. The largest absolute Gasteiger partial charge is 0.386 e. The molecule has 2 unspecified atom stereocenters. The molecule has 7 heteroatoms. The Labute approximate surface area is 132 Å². The fraction of sp³-hybridized carbons (Fsp3) is 0.286. The number of nitrogens with one attached hydrogen (secondary N) is 2. The molecule has 5 nitrogen and oxygen atoms in total. The van der Waals surface area contributed by atoms with E-state index in [9.17, 15) is 9.90 Å². The van der Waals surface area contributed by atoms with Crippen LogP contribution in [0.1, 0.15) is 24.3 Å². The lowest BCUT2D eigenvalue weighted by atomic mass is 10.0. The summed E-state index contributed by atoms with van der Waals surface area (Å²) in [4.78, 5) is 16.0. The van der Waals surface area contributed by atoms with Crippen molar-refractivity contribution in [2.75, 3.05) is 5.32 Å². The smallest absolute Gasteiger partial charge is 0.321 e. The Bertz CT molecular complexity index is 615. The second-order valence-corrected chi connectivity index (χ2v) is 5.97. The molecule has 1 heterocycles. The number of aryl methyl sites for hydroxylation is 1. The topological polar surface area (TPSA) is 74.2 Å². The van der Waals surface area contributed by atoms with Crippen LogP contribution in [0.4, 0.5) is 9.93 Å². The van der Waals surface area contributed by atoms with Gasteiger partial charge in [0.15, 0.2) is 5.13 Å². The maximum atomic E-state index is 11.8. The molecule has 1 aromatic carbocycles. The Morgan fingerprint density at radius 2 is 2.05 bits per heavy atom. The van der Waals surface area contributed by atoms with Gasteiger partial charge in [-0.25, -0.2) is 9.78 Å². The fourth-order valence-electron chi connectivity index (χ4n) is 1.78. The van der Waals surface area contributed by atoms with E-state index in [2.05, 4.69) is 15.6 Å². The van der Waals surface area contributed by atoms with Crippen molar-refractivity contribution in [3.8, 4) is 0 Å². The van der Waals surface area contributed by atoms with Gasteiger partial charge >= 0.3 is 6.03 Å². The summed E-state index contributed by atoms with van der Waals surface area (Å²) >= 11 is 7.16. The molecule has 2 aromatic rings. The van der Waals surface area contributed by atoms with Crippen LogP contribution in [0.15, 0.2) is 29.6 Å². The third-order valence-corrected chi connectivity index (χ3v) is 4.01. The predicted molar refractivity (Wildman–Crippen MR) is 84.9 cm³/mol. The van der Waals surface area contributed by atoms with Gasteiger partial charge in [-0.15, -0.1) is 11.3 Å². The highest BCUT2D eigenvalue weighted by atomic mass is 35.5. The molecule has 2 rings (SSSR count). The Morgan fingerprint density at radius 1 is 1.38 bits per heavy atom. The van der Waals surface area contributed by atoms with Crippen LogP contribution in [0.3, 0.4) is 0 Å². The van der Waals surface area contributed by atoms with Crippen molar-refractivity contribution in [1.29, 1.82) is 0 Å². The predicted octanol–water partition coefficient (Wildman–Crippen LogP) is 3.35. The quantitative estimate of drug-likeness (QED) is 0.807. The second kappa shape index (κ2) is 6.89. The first-order chi connectivity index (χ1) is 9.95. The zero-order valence-corrected chi connectivity index (χ0v) is 13.2. The third kappa shape index (κ3) is 4.42. The summed E-state index contributed by atoms with van der Waals surface area (Å²) in [5.74, 6) is 0. The number of thiazole rings is 1. The van der Waals surface area contributed by atoms with Gasteiger partial charge in [0.1, 0.15) is 0 Å². The lowest BCUT2D eigenvalue weighted by Crippen LogP contribution is -2.39. The maximum Gasteiger partial charge on any atom is 0.321 e. The highest BCUT2D eigenvalue weighted by molar-refractivity contribution is 7.13. The number of halogens is 1. The number of benzene rings is 1. The SMILES string of the molecule is Cc1csc(NC(=O)NC(C)C(O)c2ccc(Cl)cc2)n1. The maximum absolute atomic E-state index is 11.8. The lowest BCUT2D eigenvalue weighted by molar-refractivity contribution is 0.139. The molecule has 3 N–H and O–H groups in total. The average molecular weight is 326 g/mol. The van der Waals surface area contributed by atoms with Gasteiger partial charge in [0, 0.05) is 10.4 Å². The van der Waals surface area contributed by atoms with E-state index in [4.69, 9.17) is 11.6 Å². The van der Waals surface area contributed by atoms with Crippen molar-refractivity contribution in [3.05, 3.63) is 45.9 Å². The molecule has 0 saturated carbocycles. The van der Waals surface area contributed by atoms with Gasteiger partial charge in [-0.3, -0.25) is 5.32 Å². The number of aliphatic hydroxyl groups is 1. The minimum Gasteiger partial charge on any atom is -0.386 e. The van der Waals surface area contributed by atoms with Crippen LogP contribution in [-0.2, 0) is 0 Å². The van der Waals surface area contributed by atoms with Gasteiger partial charge in [0.2, 0.25) is 0 Å². The van der Waals surface area contributed by atoms with Crippen molar-refractivity contribution in [1.82, 2.24) is 10.3 Å². The first-order valence-corrected chi connectivity index (χ1v) is 7.64. The van der Waals surface area contributed by atoms with Gasteiger partial charge < -0.3 is 10.4 Å². The molecule has 0 saturated heterocycles. The Hall–Kier alpha value is -1.63. The van der Waals surface area contributed by atoms with Gasteiger partial charge in [-0.1, -0.05) is 23.7 Å². The zero-order chi connectivity index (χ0) is 15.4. The van der Waals surface area contributed by atoms with Crippen molar-refractivity contribution >= 4 is 34.1 Å². The summed E-state index contributed by atoms with van der Waals surface area (Å²) in [6.07, 6.45) is -0.814. The van der Waals surface area contributed by atoms with Crippen LogP contribution >= 0.6 is 22.9 Å². The third-order valence-electron chi connectivity index (χ3n) is 2.88. The Kier molecular flexibility index (Phi) is 5.17. The van der Waals surface area contributed by atoms with E-state index in [0.717, 1.165) is 5.69 Å². The Morgan fingerprint density at radius 3 is 2.62 bits per heavy atom. The van der Waals surface area contributed by atoms with Crippen molar-refractivity contribution < 1.29 is 9.90 Å². The van der Waals surface area contributed by atoms with Crippen LogP contribution < -0.4 is 10.6 Å². The van der Waals surface area contributed by atoms with E-state index >= 15 is 0 Å². The molecule has 1 aromatic heterocycles. The summed E-state index contributed by atoms with van der Waals surface area (Å²) in [7, 11) is 0. The number of amides is 2. The molecule has 2 atom stereocenters. The molecule has 0 bridgehead atoms. The summed E-state index contributed by atoms with van der Waals surface area (Å²) in [5, 5.41) is 18.5.